The van der Waals surface area contributed by atoms with Gasteiger partial charge in [0.15, 0.2) is 0 Å². The van der Waals surface area contributed by atoms with Crippen LogP contribution in [0.4, 0.5) is 0 Å². The van der Waals surface area contributed by atoms with Crippen LogP contribution in [-0.2, 0) is 29.7 Å². The first-order valence-corrected chi connectivity index (χ1v) is 24.4. The first-order chi connectivity index (χ1) is 27.9. The second kappa shape index (κ2) is 20.9. The lowest BCUT2D eigenvalue weighted by Gasteiger charge is -2.47. The van der Waals surface area contributed by atoms with Gasteiger partial charge < -0.3 is 18.3 Å². The second-order valence-corrected chi connectivity index (χ2v) is 25.2. The molecule has 0 heterocycles. The number of hydrogen-bond acceptors (Lipinski definition) is 5. The molecule has 304 valence electrons. The fourth-order valence-corrected chi connectivity index (χ4v) is 17.2. The normalized spacial score (nSPS) is 13.8. The van der Waals surface area contributed by atoms with Crippen molar-refractivity contribution in [3.63, 3.8) is 0 Å². The van der Waals surface area contributed by atoms with Gasteiger partial charge in [-0.3, -0.25) is 0 Å². The van der Waals surface area contributed by atoms with Crippen LogP contribution in [0.5, 0.6) is 0 Å². The number of benzene rings is 5. The third kappa shape index (κ3) is 11.1. The maximum absolute atomic E-state index is 13.0. The van der Waals surface area contributed by atoms with Crippen molar-refractivity contribution in [1.29, 1.82) is 0 Å². The smallest absolute Gasteiger partial charge is 0.330 e. The topological polar surface area (TPSA) is 54.0 Å². The average Bonchev–Trinajstić information content (AvgIpc) is 3.22. The quantitative estimate of drug-likeness (QED) is 0.0274. The average molecular weight is 811 g/mol. The summed E-state index contributed by atoms with van der Waals surface area (Å²) in [6, 6.07) is 53.0. The number of hydrogen-bond donors (Lipinski definition) is 0. The summed E-state index contributed by atoms with van der Waals surface area (Å²) in [5, 5.41) is 4.19. The lowest BCUT2D eigenvalue weighted by molar-refractivity contribution is -0.137. The second-order valence-electron chi connectivity index (χ2n) is 16.7. The Labute approximate surface area is 350 Å². The van der Waals surface area contributed by atoms with Gasteiger partial charge in [0, 0.05) is 12.5 Å². The van der Waals surface area contributed by atoms with Crippen molar-refractivity contribution in [2.75, 3.05) is 13.2 Å². The lowest BCUT2D eigenvalue weighted by atomic mass is 10.1. The van der Waals surface area contributed by atoms with Crippen molar-refractivity contribution >= 4 is 43.4 Å². The zero-order valence-corrected chi connectivity index (χ0v) is 37.5. The van der Waals surface area contributed by atoms with Crippen LogP contribution in [0.25, 0.3) is 0 Å². The van der Waals surface area contributed by atoms with Gasteiger partial charge in [0.2, 0.25) is 0 Å². The number of rotatable bonds is 19. The zero-order chi connectivity index (χ0) is 41.5. The molecule has 0 saturated carbocycles. The van der Waals surface area contributed by atoms with Gasteiger partial charge in [0.1, 0.15) is 0 Å². The molecule has 5 aromatic carbocycles. The van der Waals surface area contributed by atoms with Crippen LogP contribution < -0.4 is 20.7 Å². The van der Waals surface area contributed by atoms with Crippen molar-refractivity contribution in [2.45, 2.75) is 90.2 Å². The summed E-state index contributed by atoms with van der Waals surface area (Å²) < 4.78 is 27.1. The van der Waals surface area contributed by atoms with E-state index in [2.05, 4.69) is 187 Å². The molecule has 0 aliphatic carbocycles. The molecule has 0 amide bonds. The van der Waals surface area contributed by atoms with Gasteiger partial charge in [-0.25, -0.2) is 4.79 Å². The van der Waals surface area contributed by atoms with Crippen LogP contribution >= 0.6 is 0 Å². The van der Waals surface area contributed by atoms with Crippen LogP contribution in [0.2, 0.25) is 10.1 Å². The maximum atomic E-state index is 13.0. The van der Waals surface area contributed by atoms with Crippen LogP contribution in [0.3, 0.4) is 0 Å². The Balaban J connectivity index is 1.63. The molecule has 0 bridgehead atoms. The third-order valence-electron chi connectivity index (χ3n) is 10.6. The molecule has 0 aliphatic heterocycles. The number of esters is 1. The van der Waals surface area contributed by atoms with Crippen molar-refractivity contribution in [3.05, 3.63) is 182 Å². The lowest BCUT2D eigenvalue weighted by Crippen LogP contribution is -2.68. The Morgan fingerprint density at radius 3 is 1.33 bits per heavy atom. The summed E-state index contributed by atoms with van der Waals surface area (Å²) in [5.74, 6) is -0.394. The van der Waals surface area contributed by atoms with Crippen LogP contribution in [0.15, 0.2) is 176 Å². The molecule has 5 nitrogen and oxygen atoms in total. The molecule has 5 rings (SSSR count). The first kappa shape index (κ1) is 44.5. The number of carbonyl (C=O) groups is 1. The largest absolute Gasteiger partial charge is 0.463 e. The summed E-state index contributed by atoms with van der Waals surface area (Å²) in [4.78, 5) is 13.0. The predicted octanol–water partition coefficient (Wildman–Crippen LogP) is 9.55. The number of ether oxygens (including phenoxy) is 2. The predicted molar refractivity (Wildman–Crippen MR) is 245 cm³/mol. The molecule has 0 saturated heterocycles. The molecule has 0 fully saturated rings. The van der Waals surface area contributed by atoms with Crippen molar-refractivity contribution < 1.29 is 23.1 Å². The SMILES string of the molecule is CCOC(=O)/C=C/[C@@H](C[C@@H](/C=C/CCOCc1ccccc1)O[Si](c1ccccc1)(c1ccccc1)C(C)(C)C)O[Si](c1ccccc1)(c1ccccc1)C(C)(C)C. The minimum Gasteiger partial charge on any atom is -0.463 e. The summed E-state index contributed by atoms with van der Waals surface area (Å²) >= 11 is 0. The molecular formula is C51H62O5Si2. The van der Waals surface area contributed by atoms with E-state index >= 15 is 0 Å². The van der Waals surface area contributed by atoms with E-state index in [1.165, 1.54) is 26.8 Å². The third-order valence-corrected chi connectivity index (χ3v) is 20.7. The van der Waals surface area contributed by atoms with E-state index in [4.69, 9.17) is 18.3 Å². The van der Waals surface area contributed by atoms with E-state index in [-0.39, 0.29) is 16.7 Å². The molecule has 0 aromatic heterocycles. The van der Waals surface area contributed by atoms with Gasteiger partial charge in [0.25, 0.3) is 16.6 Å². The summed E-state index contributed by atoms with van der Waals surface area (Å²) in [7, 11) is -6.09. The van der Waals surface area contributed by atoms with Crippen LogP contribution in [0, 0.1) is 0 Å². The van der Waals surface area contributed by atoms with Crippen molar-refractivity contribution in [2.24, 2.45) is 0 Å². The molecule has 2 atom stereocenters. The van der Waals surface area contributed by atoms with E-state index in [1.807, 2.05) is 31.2 Å². The van der Waals surface area contributed by atoms with Crippen LogP contribution in [-0.4, -0.2) is 48.0 Å². The fraction of sp³-hybridized carbons (Fsp3) is 0.314. The summed E-state index contributed by atoms with van der Waals surface area (Å²) in [6.07, 6.45) is 8.09. The van der Waals surface area contributed by atoms with E-state index in [0.717, 1.165) is 5.56 Å². The minimum atomic E-state index is -3.07. The fourth-order valence-electron chi connectivity index (χ4n) is 7.94. The van der Waals surface area contributed by atoms with Gasteiger partial charge in [-0.1, -0.05) is 205 Å². The molecule has 0 radical (unpaired) electrons. The molecule has 7 heteroatoms. The monoisotopic (exact) mass is 810 g/mol. The van der Waals surface area contributed by atoms with E-state index in [9.17, 15) is 4.79 Å². The van der Waals surface area contributed by atoms with Crippen molar-refractivity contribution in [3.8, 4) is 0 Å². The minimum absolute atomic E-state index is 0.254. The summed E-state index contributed by atoms with van der Waals surface area (Å²) in [5.41, 5.74) is 1.15. The highest BCUT2D eigenvalue weighted by Crippen LogP contribution is 2.40. The Morgan fingerprint density at radius 2 is 0.948 bits per heavy atom. The maximum Gasteiger partial charge on any atom is 0.330 e. The Morgan fingerprint density at radius 1 is 0.569 bits per heavy atom. The first-order valence-electron chi connectivity index (χ1n) is 20.6. The molecule has 0 aliphatic rings. The van der Waals surface area contributed by atoms with Gasteiger partial charge in [-0.15, -0.1) is 0 Å². The molecule has 0 spiro atoms. The standard InChI is InChI=1S/C51H62O5Si2/c1-8-54-49(52)38-37-44(56-58(51(5,6)7,47-33-20-12-21-34-47)48-35-22-13-23-36-48)40-43(28-24-25-39-53-41-42-26-14-9-15-27-42)55-57(50(2,3)4,45-29-16-10-17-30-45)46-31-18-11-19-32-46/h9-24,26-38,43-44H,8,25,39-41H2,1-7H3/b28-24+,38-37+/t43-,44+/m1/s1. The Hall–Kier alpha value is -4.64. The van der Waals surface area contributed by atoms with Crippen molar-refractivity contribution in [1.82, 2.24) is 0 Å². The highest BCUT2D eigenvalue weighted by molar-refractivity contribution is 7.00. The summed E-state index contributed by atoms with van der Waals surface area (Å²) in [6.45, 7) is 17.0. The molecular weight excluding hydrogens is 749 g/mol. The molecule has 0 N–H and O–H groups in total. The molecule has 0 unspecified atom stereocenters. The van der Waals surface area contributed by atoms with E-state index in [1.54, 1.807) is 0 Å². The van der Waals surface area contributed by atoms with Gasteiger partial charge >= 0.3 is 5.97 Å². The van der Waals surface area contributed by atoms with Gasteiger partial charge in [-0.2, -0.15) is 0 Å². The van der Waals surface area contributed by atoms with Gasteiger partial charge in [0.05, 0.1) is 32.0 Å². The van der Waals surface area contributed by atoms with Crippen LogP contribution in [0.1, 0.15) is 66.9 Å². The Kier molecular flexibility index (Phi) is 16.0. The number of carbonyl (C=O) groups excluding carboxylic acids is 1. The molecule has 5 aromatic rings. The van der Waals surface area contributed by atoms with E-state index < -0.39 is 34.8 Å². The highest BCUT2D eigenvalue weighted by atomic mass is 28.4. The Bertz CT molecular complexity index is 1930. The molecule has 58 heavy (non-hydrogen) atoms. The van der Waals surface area contributed by atoms with E-state index in [0.29, 0.717) is 26.1 Å². The highest BCUT2D eigenvalue weighted by Gasteiger charge is 2.53. The van der Waals surface area contributed by atoms with Gasteiger partial charge in [-0.05, 0) is 55.8 Å². The zero-order valence-electron chi connectivity index (χ0n) is 35.5.